The van der Waals surface area contributed by atoms with Crippen molar-refractivity contribution in [2.45, 2.75) is 13.5 Å². The number of aryl methyl sites for hydroxylation is 1. The summed E-state index contributed by atoms with van der Waals surface area (Å²) in [6.07, 6.45) is 1.70. The molecule has 0 aliphatic carbocycles. The van der Waals surface area contributed by atoms with Crippen molar-refractivity contribution in [2.75, 3.05) is 5.73 Å². The van der Waals surface area contributed by atoms with E-state index in [9.17, 15) is 4.39 Å². The van der Waals surface area contributed by atoms with E-state index in [0.29, 0.717) is 12.4 Å². The van der Waals surface area contributed by atoms with Crippen LogP contribution in [0.3, 0.4) is 0 Å². The third kappa shape index (κ3) is 2.09. The maximum atomic E-state index is 13.1. The smallest absolute Gasteiger partial charge is 0.124 e. The molecule has 1 aromatic heterocycles. The van der Waals surface area contributed by atoms with Gasteiger partial charge in [0.2, 0.25) is 0 Å². The Morgan fingerprint density at radius 3 is 2.88 bits per heavy atom. The van der Waals surface area contributed by atoms with Gasteiger partial charge >= 0.3 is 0 Å². The van der Waals surface area contributed by atoms with Crippen LogP contribution in [-0.2, 0) is 6.54 Å². The van der Waals surface area contributed by atoms with Gasteiger partial charge in [-0.1, -0.05) is 15.9 Å². The standard InChI is InChI=1S/C11H11BrFN3/c1-7-5-15-16(11(7)14)6-8-4-9(13)2-3-10(8)12/h2-5H,6,14H2,1H3. The van der Waals surface area contributed by atoms with E-state index in [-0.39, 0.29) is 5.82 Å². The molecule has 1 heterocycles. The molecule has 0 saturated heterocycles. The Kier molecular flexibility index (Phi) is 2.96. The summed E-state index contributed by atoms with van der Waals surface area (Å²) in [5, 5.41) is 4.13. The summed E-state index contributed by atoms with van der Waals surface area (Å²) in [4.78, 5) is 0. The average Bonchev–Trinajstić information content (AvgIpc) is 2.55. The molecule has 0 fully saturated rings. The molecular formula is C11H11BrFN3. The first kappa shape index (κ1) is 11.1. The first-order chi connectivity index (χ1) is 7.58. The highest BCUT2D eigenvalue weighted by molar-refractivity contribution is 9.10. The number of nitrogen functional groups attached to an aromatic ring is 1. The van der Waals surface area contributed by atoms with Crippen LogP contribution in [0, 0.1) is 12.7 Å². The molecule has 2 aromatic rings. The van der Waals surface area contributed by atoms with Crippen LogP contribution in [-0.4, -0.2) is 9.78 Å². The Morgan fingerprint density at radius 1 is 1.50 bits per heavy atom. The van der Waals surface area contributed by atoms with Crippen molar-refractivity contribution in [3.05, 3.63) is 45.8 Å². The summed E-state index contributed by atoms with van der Waals surface area (Å²) >= 11 is 3.37. The molecule has 0 amide bonds. The van der Waals surface area contributed by atoms with Gasteiger partial charge in [-0.25, -0.2) is 9.07 Å². The van der Waals surface area contributed by atoms with E-state index in [4.69, 9.17) is 5.73 Å². The van der Waals surface area contributed by atoms with Gasteiger partial charge in [-0.05, 0) is 30.7 Å². The van der Waals surface area contributed by atoms with Crippen LogP contribution in [0.5, 0.6) is 0 Å². The molecule has 0 saturated carbocycles. The molecule has 1 aromatic carbocycles. The number of rotatable bonds is 2. The number of benzene rings is 1. The van der Waals surface area contributed by atoms with E-state index >= 15 is 0 Å². The van der Waals surface area contributed by atoms with Gasteiger partial charge < -0.3 is 5.73 Å². The first-order valence-corrected chi connectivity index (χ1v) is 5.59. The number of nitrogens with zero attached hydrogens (tertiary/aromatic N) is 2. The Labute approximate surface area is 101 Å². The van der Waals surface area contributed by atoms with Gasteiger partial charge in [0.15, 0.2) is 0 Å². The second kappa shape index (κ2) is 4.25. The van der Waals surface area contributed by atoms with E-state index < -0.39 is 0 Å². The lowest BCUT2D eigenvalue weighted by Crippen LogP contribution is -2.07. The van der Waals surface area contributed by atoms with Crippen molar-refractivity contribution in [1.29, 1.82) is 0 Å². The van der Waals surface area contributed by atoms with Crippen molar-refractivity contribution >= 4 is 21.7 Å². The summed E-state index contributed by atoms with van der Waals surface area (Å²) in [6.45, 7) is 2.34. The zero-order valence-corrected chi connectivity index (χ0v) is 10.3. The van der Waals surface area contributed by atoms with E-state index in [1.54, 1.807) is 16.9 Å². The number of nitrogens with two attached hydrogens (primary N) is 1. The number of hydrogen-bond donors (Lipinski definition) is 1. The van der Waals surface area contributed by atoms with Gasteiger partial charge in [-0.15, -0.1) is 0 Å². The molecule has 0 atom stereocenters. The number of anilines is 1. The lowest BCUT2D eigenvalue weighted by Gasteiger charge is -2.07. The molecule has 0 radical (unpaired) electrons. The third-order valence-corrected chi connectivity index (χ3v) is 3.17. The first-order valence-electron chi connectivity index (χ1n) is 4.79. The van der Waals surface area contributed by atoms with Crippen LogP contribution in [0.15, 0.2) is 28.9 Å². The maximum absolute atomic E-state index is 13.1. The summed E-state index contributed by atoms with van der Waals surface area (Å²) < 4.78 is 15.6. The zero-order valence-electron chi connectivity index (χ0n) is 8.74. The molecular weight excluding hydrogens is 273 g/mol. The van der Waals surface area contributed by atoms with Crippen LogP contribution in [0.25, 0.3) is 0 Å². The number of aromatic nitrogens is 2. The molecule has 16 heavy (non-hydrogen) atoms. The van der Waals surface area contributed by atoms with E-state index in [1.165, 1.54) is 12.1 Å². The second-order valence-electron chi connectivity index (χ2n) is 3.61. The molecule has 2 N–H and O–H groups in total. The van der Waals surface area contributed by atoms with E-state index in [0.717, 1.165) is 15.6 Å². The lowest BCUT2D eigenvalue weighted by atomic mass is 10.2. The van der Waals surface area contributed by atoms with E-state index in [2.05, 4.69) is 21.0 Å². The summed E-state index contributed by atoms with van der Waals surface area (Å²) in [5.41, 5.74) is 7.57. The number of halogens is 2. The Balaban J connectivity index is 2.33. The van der Waals surface area contributed by atoms with E-state index in [1.807, 2.05) is 6.92 Å². The number of hydrogen-bond acceptors (Lipinski definition) is 2. The largest absolute Gasteiger partial charge is 0.384 e. The van der Waals surface area contributed by atoms with Crippen LogP contribution < -0.4 is 5.73 Å². The van der Waals surface area contributed by atoms with Gasteiger partial charge in [0.25, 0.3) is 0 Å². The van der Waals surface area contributed by atoms with Crippen LogP contribution >= 0.6 is 15.9 Å². The van der Waals surface area contributed by atoms with Gasteiger partial charge in [0.1, 0.15) is 11.6 Å². The summed E-state index contributed by atoms with van der Waals surface area (Å²) in [5.74, 6) is 0.344. The Hall–Kier alpha value is -1.36. The Morgan fingerprint density at radius 2 is 2.25 bits per heavy atom. The molecule has 0 unspecified atom stereocenters. The highest BCUT2D eigenvalue weighted by Gasteiger charge is 2.07. The monoisotopic (exact) mass is 283 g/mol. The second-order valence-corrected chi connectivity index (χ2v) is 4.46. The maximum Gasteiger partial charge on any atom is 0.124 e. The zero-order chi connectivity index (χ0) is 11.7. The normalized spacial score (nSPS) is 10.7. The molecule has 5 heteroatoms. The molecule has 0 aliphatic heterocycles. The highest BCUT2D eigenvalue weighted by atomic mass is 79.9. The van der Waals surface area contributed by atoms with Crippen molar-refractivity contribution in [1.82, 2.24) is 9.78 Å². The lowest BCUT2D eigenvalue weighted by molar-refractivity contribution is 0.619. The Bertz CT molecular complexity index is 522. The summed E-state index contributed by atoms with van der Waals surface area (Å²) in [6, 6.07) is 4.56. The van der Waals surface area contributed by atoms with Crippen molar-refractivity contribution in [3.8, 4) is 0 Å². The van der Waals surface area contributed by atoms with Crippen molar-refractivity contribution in [2.24, 2.45) is 0 Å². The minimum atomic E-state index is -0.263. The van der Waals surface area contributed by atoms with Crippen LogP contribution in [0.1, 0.15) is 11.1 Å². The molecule has 2 rings (SSSR count). The van der Waals surface area contributed by atoms with Crippen molar-refractivity contribution < 1.29 is 4.39 Å². The van der Waals surface area contributed by atoms with Crippen molar-refractivity contribution in [3.63, 3.8) is 0 Å². The summed E-state index contributed by atoms with van der Waals surface area (Å²) in [7, 11) is 0. The molecule has 0 spiro atoms. The van der Waals surface area contributed by atoms with Gasteiger partial charge in [-0.3, -0.25) is 0 Å². The topological polar surface area (TPSA) is 43.8 Å². The highest BCUT2D eigenvalue weighted by Crippen LogP contribution is 2.20. The van der Waals surface area contributed by atoms with Crippen LogP contribution in [0.2, 0.25) is 0 Å². The molecule has 84 valence electrons. The predicted octanol–water partition coefficient (Wildman–Crippen LogP) is 2.72. The molecule has 0 aliphatic rings. The fraction of sp³-hybridized carbons (Fsp3) is 0.182. The molecule has 0 bridgehead atoms. The SMILES string of the molecule is Cc1cnn(Cc2cc(F)ccc2Br)c1N. The fourth-order valence-electron chi connectivity index (χ4n) is 1.44. The van der Waals surface area contributed by atoms with Gasteiger partial charge in [0, 0.05) is 10.0 Å². The third-order valence-electron chi connectivity index (χ3n) is 2.40. The van der Waals surface area contributed by atoms with Gasteiger partial charge in [0.05, 0.1) is 12.7 Å². The quantitative estimate of drug-likeness (QED) is 0.921. The minimum absolute atomic E-state index is 0.263. The predicted molar refractivity (Wildman–Crippen MR) is 64.6 cm³/mol. The average molecular weight is 284 g/mol. The molecule has 3 nitrogen and oxygen atoms in total. The van der Waals surface area contributed by atoms with Gasteiger partial charge in [-0.2, -0.15) is 5.10 Å². The van der Waals surface area contributed by atoms with Crippen LogP contribution in [0.4, 0.5) is 10.2 Å². The fourth-order valence-corrected chi connectivity index (χ4v) is 1.81. The minimum Gasteiger partial charge on any atom is -0.384 e.